The van der Waals surface area contributed by atoms with Crippen LogP contribution in [-0.2, 0) is 4.79 Å². The number of benzene rings is 2. The maximum atomic E-state index is 11.3. The van der Waals surface area contributed by atoms with E-state index in [0.717, 1.165) is 22.2 Å². The highest BCUT2D eigenvalue weighted by Gasteiger charge is 2.11. The first kappa shape index (κ1) is 18.4. The Morgan fingerprint density at radius 3 is 2.90 bits per heavy atom. The van der Waals surface area contributed by atoms with Crippen molar-refractivity contribution in [2.24, 2.45) is 10.8 Å². The highest BCUT2D eigenvalue weighted by atomic mass is 16.1. The van der Waals surface area contributed by atoms with E-state index >= 15 is 0 Å². The molecule has 0 saturated carbocycles. The predicted octanol–water partition coefficient (Wildman–Crippen LogP) is 3.10. The molecule has 3 aromatic rings. The first-order chi connectivity index (χ1) is 14.2. The van der Waals surface area contributed by atoms with Crippen LogP contribution in [0.2, 0.25) is 0 Å². The molecule has 7 nitrogen and oxygen atoms in total. The zero-order valence-corrected chi connectivity index (χ0v) is 15.7. The van der Waals surface area contributed by atoms with E-state index in [4.69, 9.17) is 5.73 Å². The van der Waals surface area contributed by atoms with E-state index in [0.29, 0.717) is 24.6 Å². The number of primary amides is 1. The number of hydrazone groups is 1. The summed E-state index contributed by atoms with van der Waals surface area (Å²) in [4.78, 5) is 20.2. The van der Waals surface area contributed by atoms with E-state index in [1.807, 2.05) is 66.9 Å². The zero-order valence-electron chi connectivity index (χ0n) is 15.7. The number of carbonyl (C=O) groups is 1. The minimum atomic E-state index is -0.416. The number of allylic oxidation sites excluding steroid dienone is 1. The van der Waals surface area contributed by atoms with Crippen molar-refractivity contribution < 1.29 is 4.79 Å². The molecular formula is C22H20N6O. The van der Waals surface area contributed by atoms with Crippen molar-refractivity contribution in [1.29, 1.82) is 0 Å². The smallest absolute Gasteiger partial charge is 0.246 e. The van der Waals surface area contributed by atoms with Crippen LogP contribution in [0.25, 0.3) is 17.0 Å². The number of hydrogen-bond acceptors (Lipinski definition) is 6. The van der Waals surface area contributed by atoms with Crippen LogP contribution in [0.4, 0.5) is 11.6 Å². The quantitative estimate of drug-likeness (QED) is 0.681. The molecule has 144 valence electrons. The van der Waals surface area contributed by atoms with Crippen LogP contribution in [0.1, 0.15) is 5.56 Å². The molecule has 0 radical (unpaired) electrons. The number of anilines is 2. The highest BCUT2D eigenvalue weighted by molar-refractivity contribution is 5.97. The number of carbonyl (C=O) groups excluding carboxylic acids is 1. The SMILES string of the molecule is NC(=O)C1=CC=NN(CC=Cc2ccc3nc(Nc4ccccc4)ncc3c2)C1. The lowest BCUT2D eigenvalue weighted by molar-refractivity contribution is -0.114. The van der Waals surface area contributed by atoms with Gasteiger partial charge in [-0.05, 0) is 35.9 Å². The normalized spacial score (nSPS) is 13.7. The summed E-state index contributed by atoms with van der Waals surface area (Å²) in [5.41, 5.74) is 8.73. The van der Waals surface area contributed by atoms with Gasteiger partial charge in [-0.25, -0.2) is 9.97 Å². The van der Waals surface area contributed by atoms with Crippen LogP contribution in [0.5, 0.6) is 0 Å². The molecule has 0 spiro atoms. The predicted molar refractivity (Wildman–Crippen MR) is 116 cm³/mol. The molecule has 2 aromatic carbocycles. The van der Waals surface area contributed by atoms with Gasteiger partial charge in [0.25, 0.3) is 0 Å². The Labute approximate surface area is 168 Å². The average molecular weight is 384 g/mol. The summed E-state index contributed by atoms with van der Waals surface area (Å²) in [5, 5.41) is 10.2. The molecule has 1 aliphatic heterocycles. The van der Waals surface area contributed by atoms with E-state index in [-0.39, 0.29) is 0 Å². The van der Waals surface area contributed by atoms with Gasteiger partial charge in [0.1, 0.15) is 0 Å². The topological polar surface area (TPSA) is 96.5 Å². The van der Waals surface area contributed by atoms with Gasteiger partial charge >= 0.3 is 0 Å². The number of aromatic nitrogens is 2. The van der Waals surface area contributed by atoms with Gasteiger partial charge in [-0.2, -0.15) is 5.10 Å². The Bertz CT molecular complexity index is 1120. The lowest BCUT2D eigenvalue weighted by atomic mass is 10.1. The van der Waals surface area contributed by atoms with Gasteiger partial charge in [-0.1, -0.05) is 36.4 Å². The Balaban J connectivity index is 1.42. The third-order valence-corrected chi connectivity index (χ3v) is 4.44. The first-order valence-corrected chi connectivity index (χ1v) is 9.21. The number of nitrogens with two attached hydrogens (primary N) is 1. The fraction of sp³-hybridized carbons (Fsp3) is 0.0909. The van der Waals surface area contributed by atoms with E-state index in [2.05, 4.69) is 20.4 Å². The Hall–Kier alpha value is -4.00. The molecule has 0 bridgehead atoms. The Morgan fingerprint density at radius 1 is 1.21 bits per heavy atom. The summed E-state index contributed by atoms with van der Waals surface area (Å²) in [6.45, 7) is 0.995. The highest BCUT2D eigenvalue weighted by Crippen LogP contribution is 2.18. The molecule has 2 heterocycles. The van der Waals surface area contributed by atoms with Crippen LogP contribution >= 0.6 is 0 Å². The summed E-state index contributed by atoms with van der Waals surface area (Å²) >= 11 is 0. The molecule has 1 aromatic heterocycles. The molecule has 1 amide bonds. The summed E-state index contributed by atoms with van der Waals surface area (Å²) in [6.07, 6.45) is 9.05. The van der Waals surface area contributed by atoms with Crippen molar-refractivity contribution in [3.8, 4) is 0 Å². The fourth-order valence-electron chi connectivity index (χ4n) is 2.96. The largest absolute Gasteiger partial charge is 0.366 e. The van der Waals surface area contributed by atoms with Crippen molar-refractivity contribution in [1.82, 2.24) is 15.0 Å². The maximum absolute atomic E-state index is 11.3. The first-order valence-electron chi connectivity index (χ1n) is 9.21. The fourth-order valence-corrected chi connectivity index (χ4v) is 2.96. The van der Waals surface area contributed by atoms with E-state index in [9.17, 15) is 4.79 Å². The summed E-state index contributed by atoms with van der Waals surface area (Å²) in [5.74, 6) is 0.147. The molecule has 0 saturated heterocycles. The Morgan fingerprint density at radius 2 is 2.07 bits per heavy atom. The molecule has 29 heavy (non-hydrogen) atoms. The molecule has 4 rings (SSSR count). The number of fused-ring (bicyclic) bond motifs is 1. The molecule has 7 heteroatoms. The monoisotopic (exact) mass is 384 g/mol. The summed E-state index contributed by atoms with van der Waals surface area (Å²) in [6, 6.07) is 15.8. The molecular weight excluding hydrogens is 364 g/mol. The number of hydrogen-bond donors (Lipinski definition) is 2. The van der Waals surface area contributed by atoms with E-state index in [1.165, 1.54) is 0 Å². The number of amides is 1. The Kier molecular flexibility index (Phi) is 5.29. The third-order valence-electron chi connectivity index (χ3n) is 4.44. The molecule has 0 unspecified atom stereocenters. The lowest BCUT2D eigenvalue weighted by Gasteiger charge is -2.20. The zero-order chi connectivity index (χ0) is 20.1. The second-order valence-corrected chi connectivity index (χ2v) is 6.57. The van der Waals surface area contributed by atoms with E-state index < -0.39 is 5.91 Å². The van der Waals surface area contributed by atoms with Gasteiger partial charge in [0.2, 0.25) is 11.9 Å². The van der Waals surface area contributed by atoms with Gasteiger partial charge in [-0.3, -0.25) is 9.80 Å². The van der Waals surface area contributed by atoms with Gasteiger partial charge in [0.15, 0.2) is 0 Å². The average Bonchev–Trinajstić information content (AvgIpc) is 2.75. The van der Waals surface area contributed by atoms with Gasteiger partial charge in [0, 0.05) is 29.1 Å². The minimum absolute atomic E-state index is 0.416. The van der Waals surface area contributed by atoms with Crippen molar-refractivity contribution >= 4 is 40.7 Å². The second kappa shape index (κ2) is 8.35. The summed E-state index contributed by atoms with van der Waals surface area (Å²) < 4.78 is 0. The minimum Gasteiger partial charge on any atom is -0.366 e. The molecule has 0 aliphatic carbocycles. The number of para-hydroxylation sites is 1. The van der Waals surface area contributed by atoms with Crippen LogP contribution in [0.15, 0.2) is 77.6 Å². The standard InChI is InChI=1S/C22H20N6O/c23-21(29)17-10-11-25-28(15-17)12-4-5-16-8-9-20-18(13-16)14-24-22(27-20)26-19-6-2-1-3-7-19/h1-11,13-14H,12,15H2,(H2,23,29)(H,24,26,27). The van der Waals surface area contributed by atoms with Gasteiger partial charge in [-0.15, -0.1) is 0 Å². The molecule has 1 aliphatic rings. The van der Waals surface area contributed by atoms with Gasteiger partial charge in [0.05, 0.1) is 18.6 Å². The van der Waals surface area contributed by atoms with Crippen LogP contribution < -0.4 is 11.1 Å². The van der Waals surface area contributed by atoms with Crippen LogP contribution in [0, 0.1) is 0 Å². The third kappa shape index (κ3) is 4.65. The van der Waals surface area contributed by atoms with Crippen molar-refractivity contribution in [3.63, 3.8) is 0 Å². The van der Waals surface area contributed by atoms with Crippen molar-refractivity contribution in [2.75, 3.05) is 18.4 Å². The molecule has 0 atom stereocenters. The number of rotatable bonds is 6. The van der Waals surface area contributed by atoms with Gasteiger partial charge < -0.3 is 11.1 Å². The number of nitrogens with one attached hydrogen (secondary N) is 1. The lowest BCUT2D eigenvalue weighted by Crippen LogP contribution is -2.29. The van der Waals surface area contributed by atoms with Crippen molar-refractivity contribution in [3.05, 3.63) is 78.0 Å². The van der Waals surface area contributed by atoms with Crippen LogP contribution in [0.3, 0.4) is 0 Å². The maximum Gasteiger partial charge on any atom is 0.246 e. The molecule has 0 fully saturated rings. The second-order valence-electron chi connectivity index (χ2n) is 6.57. The molecule has 3 N–H and O–H groups in total. The number of nitrogens with zero attached hydrogens (tertiary/aromatic N) is 4. The van der Waals surface area contributed by atoms with Crippen molar-refractivity contribution in [2.45, 2.75) is 0 Å². The van der Waals surface area contributed by atoms with E-state index in [1.54, 1.807) is 17.3 Å². The van der Waals surface area contributed by atoms with Crippen LogP contribution in [-0.4, -0.2) is 40.2 Å². The summed E-state index contributed by atoms with van der Waals surface area (Å²) in [7, 11) is 0.